The fourth-order valence-corrected chi connectivity index (χ4v) is 6.81. The number of amides is 1. The van der Waals surface area contributed by atoms with Gasteiger partial charge in [-0.15, -0.1) is 11.3 Å². The van der Waals surface area contributed by atoms with E-state index in [4.69, 9.17) is 16.3 Å². The summed E-state index contributed by atoms with van der Waals surface area (Å²) in [6, 6.07) is 8.56. The predicted octanol–water partition coefficient (Wildman–Crippen LogP) is 5.40. The Labute approximate surface area is 203 Å². The van der Waals surface area contributed by atoms with Crippen molar-refractivity contribution in [2.24, 2.45) is 0 Å². The third-order valence-corrected chi connectivity index (χ3v) is 8.54. The van der Waals surface area contributed by atoms with Crippen molar-refractivity contribution in [3.63, 3.8) is 0 Å². The highest BCUT2D eigenvalue weighted by Crippen LogP contribution is 2.44. The Balaban J connectivity index is 1.20. The highest BCUT2D eigenvalue weighted by Gasteiger charge is 2.36. The Morgan fingerprint density at radius 1 is 1.06 bits per heavy atom. The molecule has 0 saturated carbocycles. The van der Waals surface area contributed by atoms with Crippen LogP contribution in [0.1, 0.15) is 37.7 Å². The maximum Gasteiger partial charge on any atom is 0.263 e. The molecule has 5 heterocycles. The van der Waals surface area contributed by atoms with Crippen molar-refractivity contribution in [3.05, 3.63) is 46.4 Å². The van der Waals surface area contributed by atoms with Gasteiger partial charge in [0.15, 0.2) is 6.10 Å². The number of aromatic nitrogens is 1. The van der Waals surface area contributed by atoms with Crippen molar-refractivity contribution in [2.75, 3.05) is 26.2 Å². The quantitative estimate of drug-likeness (QED) is 0.502. The van der Waals surface area contributed by atoms with Crippen LogP contribution < -0.4 is 4.74 Å². The van der Waals surface area contributed by atoms with Crippen molar-refractivity contribution in [2.45, 2.75) is 50.7 Å². The zero-order chi connectivity index (χ0) is 22.4. The van der Waals surface area contributed by atoms with Crippen LogP contribution in [0.4, 0.5) is 0 Å². The first-order valence-corrected chi connectivity index (χ1v) is 13.3. The molecule has 2 fully saturated rings. The van der Waals surface area contributed by atoms with E-state index in [1.807, 2.05) is 40.7 Å². The van der Waals surface area contributed by atoms with E-state index in [0.717, 1.165) is 58.6 Å². The summed E-state index contributed by atoms with van der Waals surface area (Å²) in [6.45, 7) is 4.08. The van der Waals surface area contributed by atoms with Crippen molar-refractivity contribution in [1.29, 1.82) is 0 Å². The van der Waals surface area contributed by atoms with Crippen molar-refractivity contribution < 1.29 is 9.53 Å². The lowest BCUT2D eigenvalue weighted by Gasteiger charge is -2.40. The van der Waals surface area contributed by atoms with Gasteiger partial charge in [-0.1, -0.05) is 18.0 Å². The second-order valence-corrected chi connectivity index (χ2v) is 10.8. The number of likely N-dealkylation sites (tertiary alicyclic amines) is 2. The van der Waals surface area contributed by atoms with Gasteiger partial charge in [-0.05, 0) is 68.4 Å². The number of nitrogens with zero attached hydrogens (tertiary/aromatic N) is 3. The molecule has 6 rings (SSSR count). The molecule has 0 N–H and O–H groups in total. The summed E-state index contributed by atoms with van der Waals surface area (Å²) in [7, 11) is 0. The lowest BCUT2D eigenvalue weighted by Crippen LogP contribution is -2.50. The largest absolute Gasteiger partial charge is 0.479 e. The third kappa shape index (κ3) is 4.02. The second kappa shape index (κ2) is 8.90. The van der Waals surface area contributed by atoms with Gasteiger partial charge >= 0.3 is 0 Å². The number of carbonyl (C=O) groups is 1. The van der Waals surface area contributed by atoms with E-state index in [1.54, 1.807) is 11.3 Å². The SMILES string of the molecule is O=C(C1Cc2cc(Cl)cc(-c3ccnc4ccsc34)c2O1)N1CCC(N2CCCCC2)CC1. The van der Waals surface area contributed by atoms with Crippen LogP contribution in [-0.4, -0.2) is 59.0 Å². The van der Waals surface area contributed by atoms with Gasteiger partial charge in [-0.25, -0.2) is 0 Å². The molecule has 172 valence electrons. The molecule has 5 nitrogen and oxygen atoms in total. The van der Waals surface area contributed by atoms with E-state index in [1.165, 1.54) is 32.4 Å². The van der Waals surface area contributed by atoms with Gasteiger partial charge < -0.3 is 14.5 Å². The van der Waals surface area contributed by atoms with Crippen molar-refractivity contribution >= 4 is 39.1 Å². The molecule has 0 radical (unpaired) electrons. The van der Waals surface area contributed by atoms with Gasteiger partial charge in [0.05, 0.1) is 10.2 Å². The average Bonchev–Trinajstić information content (AvgIpc) is 3.51. The fraction of sp³-hybridized carbons (Fsp3) is 0.462. The summed E-state index contributed by atoms with van der Waals surface area (Å²) in [5, 5.41) is 2.72. The van der Waals surface area contributed by atoms with Crippen molar-refractivity contribution in [1.82, 2.24) is 14.8 Å². The maximum absolute atomic E-state index is 13.4. The number of halogens is 1. The van der Waals surface area contributed by atoms with Crippen LogP contribution in [0.3, 0.4) is 0 Å². The van der Waals surface area contributed by atoms with E-state index >= 15 is 0 Å². The first-order valence-electron chi connectivity index (χ1n) is 12.0. The van der Waals surface area contributed by atoms with Gasteiger partial charge in [-0.2, -0.15) is 0 Å². The second-order valence-electron chi connectivity index (χ2n) is 9.40. The Hall–Kier alpha value is -2.15. The summed E-state index contributed by atoms with van der Waals surface area (Å²) in [5.74, 6) is 0.906. The van der Waals surface area contributed by atoms with Gasteiger partial charge in [0.1, 0.15) is 5.75 Å². The Morgan fingerprint density at radius 3 is 2.70 bits per heavy atom. The molecule has 1 atom stereocenters. The van der Waals surface area contributed by atoms with Crippen LogP contribution in [-0.2, 0) is 11.2 Å². The number of ether oxygens (including phenoxy) is 1. The van der Waals surface area contributed by atoms with E-state index in [9.17, 15) is 4.79 Å². The molecule has 1 aromatic carbocycles. The number of rotatable bonds is 3. The van der Waals surface area contributed by atoms with Gasteiger partial charge in [0.25, 0.3) is 5.91 Å². The molecular formula is C26H28ClN3O2S. The van der Waals surface area contributed by atoms with Crippen LogP contribution in [0.2, 0.25) is 5.02 Å². The number of thiophene rings is 1. The summed E-state index contributed by atoms with van der Waals surface area (Å²) in [5.41, 5.74) is 3.99. The normalized spacial score (nSPS) is 21.8. The molecule has 3 aliphatic heterocycles. The summed E-state index contributed by atoms with van der Waals surface area (Å²) >= 11 is 8.16. The molecule has 3 aromatic rings. The molecule has 3 aliphatic rings. The molecule has 33 heavy (non-hydrogen) atoms. The van der Waals surface area contributed by atoms with Gasteiger partial charge in [0, 0.05) is 53.5 Å². The summed E-state index contributed by atoms with van der Waals surface area (Å²) in [4.78, 5) is 22.5. The number of benzene rings is 1. The molecule has 0 bridgehead atoms. The number of piperidine rings is 2. The minimum Gasteiger partial charge on any atom is -0.479 e. The number of hydrogen-bond donors (Lipinski definition) is 0. The molecule has 0 spiro atoms. The topological polar surface area (TPSA) is 45.7 Å². The molecule has 7 heteroatoms. The Morgan fingerprint density at radius 2 is 1.88 bits per heavy atom. The van der Waals surface area contributed by atoms with E-state index in [0.29, 0.717) is 17.5 Å². The average molecular weight is 482 g/mol. The number of hydrogen-bond acceptors (Lipinski definition) is 5. The predicted molar refractivity (Wildman–Crippen MR) is 133 cm³/mol. The zero-order valence-electron chi connectivity index (χ0n) is 18.6. The van der Waals surface area contributed by atoms with Crippen LogP contribution >= 0.6 is 22.9 Å². The first kappa shape index (κ1) is 21.4. The van der Waals surface area contributed by atoms with Crippen LogP contribution in [0.15, 0.2) is 35.8 Å². The van der Waals surface area contributed by atoms with E-state index in [2.05, 4.69) is 9.88 Å². The van der Waals surface area contributed by atoms with Crippen LogP contribution in [0.5, 0.6) is 5.75 Å². The monoisotopic (exact) mass is 481 g/mol. The summed E-state index contributed by atoms with van der Waals surface area (Å²) in [6.07, 6.45) is 8.04. The maximum atomic E-state index is 13.4. The van der Waals surface area contributed by atoms with Gasteiger partial charge in [-0.3, -0.25) is 9.78 Å². The molecule has 2 saturated heterocycles. The number of carbonyl (C=O) groups excluding carboxylic acids is 1. The van der Waals surface area contributed by atoms with Crippen molar-refractivity contribution in [3.8, 4) is 16.9 Å². The molecular weight excluding hydrogens is 454 g/mol. The minimum absolute atomic E-state index is 0.112. The fourth-order valence-electron chi connectivity index (χ4n) is 5.69. The van der Waals surface area contributed by atoms with E-state index < -0.39 is 6.10 Å². The standard InChI is InChI=1S/C26H28ClN3O2S/c27-18-14-17-15-23(26(31)30-11-5-19(6-12-30)29-9-2-1-3-10-29)32-24(17)21(16-18)20-4-8-28-22-7-13-33-25(20)22/h4,7-8,13-14,16,19,23H,1-3,5-6,9-12,15H2. The van der Waals surface area contributed by atoms with Crippen LogP contribution in [0, 0.1) is 0 Å². The molecule has 1 unspecified atom stereocenters. The summed E-state index contributed by atoms with van der Waals surface area (Å²) < 4.78 is 7.47. The first-order chi connectivity index (χ1) is 16.2. The molecule has 1 amide bonds. The highest BCUT2D eigenvalue weighted by atomic mass is 35.5. The molecule has 0 aliphatic carbocycles. The number of pyridine rings is 1. The Kier molecular flexibility index (Phi) is 5.76. The number of fused-ring (bicyclic) bond motifs is 2. The van der Waals surface area contributed by atoms with Crippen LogP contribution in [0.25, 0.3) is 21.3 Å². The minimum atomic E-state index is -0.468. The van der Waals surface area contributed by atoms with E-state index in [-0.39, 0.29) is 5.91 Å². The van der Waals surface area contributed by atoms with Gasteiger partial charge in [0.2, 0.25) is 0 Å². The lowest BCUT2D eigenvalue weighted by molar-refractivity contribution is -0.139. The zero-order valence-corrected chi connectivity index (χ0v) is 20.2. The highest BCUT2D eigenvalue weighted by molar-refractivity contribution is 7.17. The Bertz CT molecular complexity index is 1180. The molecule has 2 aromatic heterocycles. The lowest BCUT2D eigenvalue weighted by atomic mass is 9.98. The smallest absolute Gasteiger partial charge is 0.263 e. The third-order valence-electron chi connectivity index (χ3n) is 7.39.